The van der Waals surface area contributed by atoms with Gasteiger partial charge in [-0.05, 0) is 24.6 Å². The van der Waals surface area contributed by atoms with Gasteiger partial charge in [-0.3, -0.25) is 4.79 Å². The fraction of sp³-hybridized carbons (Fsp3) is 0.300. The van der Waals surface area contributed by atoms with E-state index in [9.17, 15) is 9.18 Å². The van der Waals surface area contributed by atoms with E-state index >= 15 is 0 Å². The summed E-state index contributed by atoms with van der Waals surface area (Å²) in [5, 5.41) is 2.49. The van der Waals surface area contributed by atoms with Gasteiger partial charge in [0.05, 0.1) is 11.7 Å². The monoisotopic (exact) mass is 274 g/mol. The third-order valence-corrected chi connectivity index (χ3v) is 2.43. The lowest BCUT2D eigenvalue weighted by Gasteiger charge is -2.11. The van der Waals surface area contributed by atoms with Crippen molar-refractivity contribution in [1.82, 2.24) is 5.32 Å². The average molecular weight is 275 g/mol. The first-order valence-electron chi connectivity index (χ1n) is 4.56. The Morgan fingerprint density at radius 2 is 2.33 bits per heavy atom. The summed E-state index contributed by atoms with van der Waals surface area (Å²) < 4.78 is 13.9. The molecule has 1 atom stereocenters. The summed E-state index contributed by atoms with van der Waals surface area (Å²) in [6.07, 6.45) is 0.157. The molecule has 1 aromatic carbocycles. The Kier molecular flexibility index (Phi) is 4.23. The molecule has 0 saturated heterocycles. The van der Waals surface area contributed by atoms with Crippen LogP contribution in [0.5, 0.6) is 0 Å². The molecule has 15 heavy (non-hydrogen) atoms. The highest BCUT2D eigenvalue weighted by molar-refractivity contribution is 9.10. The number of nitrogens with one attached hydrogen (secondary N) is 1. The van der Waals surface area contributed by atoms with E-state index in [1.807, 2.05) is 6.92 Å². The molecule has 0 aliphatic heterocycles. The van der Waals surface area contributed by atoms with Gasteiger partial charge in [0, 0.05) is 4.47 Å². The summed E-state index contributed by atoms with van der Waals surface area (Å²) in [7, 11) is 0. The lowest BCUT2D eigenvalue weighted by Crippen LogP contribution is -2.41. The second-order valence-electron chi connectivity index (χ2n) is 3.11. The first kappa shape index (κ1) is 12.1. The molecule has 0 fully saturated rings. The number of halogens is 2. The van der Waals surface area contributed by atoms with E-state index in [0.29, 0.717) is 10.9 Å². The van der Waals surface area contributed by atoms with E-state index in [4.69, 9.17) is 5.73 Å². The van der Waals surface area contributed by atoms with Gasteiger partial charge in [0.25, 0.3) is 5.91 Å². The molecule has 0 heterocycles. The minimum Gasteiger partial charge on any atom is -0.337 e. The summed E-state index contributed by atoms with van der Waals surface area (Å²) in [4.78, 5) is 11.5. The smallest absolute Gasteiger partial charge is 0.255 e. The molecule has 0 aliphatic rings. The predicted molar refractivity (Wildman–Crippen MR) is 59.8 cm³/mol. The van der Waals surface area contributed by atoms with E-state index in [1.165, 1.54) is 12.1 Å². The molecule has 3 N–H and O–H groups in total. The summed E-state index contributed by atoms with van der Waals surface area (Å²) in [5.74, 6) is -1.06. The molecule has 1 rings (SSSR count). The summed E-state index contributed by atoms with van der Waals surface area (Å²) in [5.41, 5.74) is 5.53. The van der Waals surface area contributed by atoms with Crippen LogP contribution in [0, 0.1) is 5.82 Å². The Morgan fingerprint density at radius 3 is 2.87 bits per heavy atom. The largest absolute Gasteiger partial charge is 0.337 e. The normalized spacial score (nSPS) is 12.3. The Hall–Kier alpha value is -0.940. The lowest BCUT2D eigenvalue weighted by molar-refractivity contribution is 0.0933. The molecule has 0 radical (unpaired) electrons. The molecule has 1 aromatic rings. The minimum absolute atomic E-state index is 0.00194. The molecule has 0 saturated carbocycles. The molecule has 3 nitrogen and oxygen atoms in total. The van der Waals surface area contributed by atoms with Crippen LogP contribution < -0.4 is 11.1 Å². The minimum atomic E-state index is -0.565. The Labute approximate surface area is 96.0 Å². The van der Waals surface area contributed by atoms with Gasteiger partial charge in [0.15, 0.2) is 0 Å². The number of carbonyl (C=O) groups excluding carboxylic acids is 1. The van der Waals surface area contributed by atoms with Crippen LogP contribution in [0.25, 0.3) is 0 Å². The van der Waals surface area contributed by atoms with E-state index in [0.717, 1.165) is 0 Å². The van der Waals surface area contributed by atoms with Crippen LogP contribution in [0.15, 0.2) is 22.7 Å². The molecule has 0 spiro atoms. The summed E-state index contributed by atoms with van der Waals surface area (Å²) in [6, 6.07) is 4.26. The molecule has 0 aromatic heterocycles. The zero-order chi connectivity index (χ0) is 11.4. The number of benzene rings is 1. The maximum Gasteiger partial charge on any atom is 0.255 e. The van der Waals surface area contributed by atoms with Crippen molar-refractivity contribution in [3.05, 3.63) is 34.1 Å². The van der Waals surface area contributed by atoms with Crippen LogP contribution in [-0.4, -0.2) is 12.1 Å². The highest BCUT2D eigenvalue weighted by Crippen LogP contribution is 2.15. The molecular formula is C10H12BrFN2O. The van der Waals surface area contributed by atoms with Crippen LogP contribution in [0.4, 0.5) is 4.39 Å². The van der Waals surface area contributed by atoms with Crippen molar-refractivity contribution in [1.29, 1.82) is 0 Å². The van der Waals surface area contributed by atoms with Gasteiger partial charge >= 0.3 is 0 Å². The van der Waals surface area contributed by atoms with Crippen molar-refractivity contribution in [2.45, 2.75) is 19.5 Å². The number of carbonyl (C=O) groups is 1. The van der Waals surface area contributed by atoms with Crippen LogP contribution in [0.3, 0.4) is 0 Å². The number of nitrogens with two attached hydrogens (primary N) is 1. The van der Waals surface area contributed by atoms with Crippen LogP contribution in [-0.2, 0) is 0 Å². The highest BCUT2D eigenvalue weighted by Gasteiger charge is 2.13. The van der Waals surface area contributed by atoms with Gasteiger partial charge < -0.3 is 11.1 Å². The summed E-state index contributed by atoms with van der Waals surface area (Å²) >= 11 is 3.11. The molecule has 1 unspecified atom stereocenters. The van der Waals surface area contributed by atoms with E-state index < -0.39 is 17.9 Å². The standard InChI is InChI=1S/C10H12BrFN2O/c1-2-9(13)14-10(15)7-4-3-6(11)5-8(7)12/h3-5,9H,2,13H2,1H3,(H,14,15). The van der Waals surface area contributed by atoms with Crippen molar-refractivity contribution in [3.63, 3.8) is 0 Å². The maximum atomic E-state index is 13.3. The van der Waals surface area contributed by atoms with Crippen molar-refractivity contribution < 1.29 is 9.18 Å². The average Bonchev–Trinajstić information content (AvgIpc) is 2.17. The van der Waals surface area contributed by atoms with Crippen molar-refractivity contribution in [2.24, 2.45) is 5.73 Å². The Balaban J connectivity index is 2.82. The van der Waals surface area contributed by atoms with Gasteiger partial charge in [-0.2, -0.15) is 0 Å². The Bertz CT molecular complexity index is 370. The van der Waals surface area contributed by atoms with Gasteiger partial charge in [-0.25, -0.2) is 4.39 Å². The van der Waals surface area contributed by atoms with Gasteiger partial charge in [-0.15, -0.1) is 0 Å². The number of rotatable bonds is 3. The number of amides is 1. The molecular weight excluding hydrogens is 263 g/mol. The van der Waals surface area contributed by atoms with Crippen molar-refractivity contribution >= 4 is 21.8 Å². The fourth-order valence-corrected chi connectivity index (χ4v) is 1.35. The SMILES string of the molecule is CCC(N)NC(=O)c1ccc(Br)cc1F. The fourth-order valence-electron chi connectivity index (χ4n) is 1.02. The van der Waals surface area contributed by atoms with Crippen LogP contribution >= 0.6 is 15.9 Å². The molecule has 0 aliphatic carbocycles. The van der Waals surface area contributed by atoms with Gasteiger partial charge in [0.1, 0.15) is 5.82 Å². The second-order valence-corrected chi connectivity index (χ2v) is 4.03. The summed E-state index contributed by atoms with van der Waals surface area (Å²) in [6.45, 7) is 1.84. The van der Waals surface area contributed by atoms with Gasteiger partial charge in [0.2, 0.25) is 0 Å². The molecule has 82 valence electrons. The quantitative estimate of drug-likeness (QED) is 0.829. The third-order valence-electron chi connectivity index (χ3n) is 1.93. The zero-order valence-electron chi connectivity index (χ0n) is 8.26. The molecule has 0 bridgehead atoms. The van der Waals surface area contributed by atoms with E-state index in [-0.39, 0.29) is 5.56 Å². The third kappa shape index (κ3) is 3.28. The van der Waals surface area contributed by atoms with E-state index in [2.05, 4.69) is 21.2 Å². The van der Waals surface area contributed by atoms with Crippen molar-refractivity contribution in [2.75, 3.05) is 0 Å². The number of hydrogen-bond donors (Lipinski definition) is 2. The highest BCUT2D eigenvalue weighted by atomic mass is 79.9. The first-order chi connectivity index (χ1) is 7.04. The van der Waals surface area contributed by atoms with Crippen LogP contribution in [0.1, 0.15) is 23.7 Å². The predicted octanol–water partition coefficient (Wildman–Crippen LogP) is 2.01. The van der Waals surface area contributed by atoms with Crippen molar-refractivity contribution in [3.8, 4) is 0 Å². The van der Waals surface area contributed by atoms with Crippen LogP contribution in [0.2, 0.25) is 0 Å². The first-order valence-corrected chi connectivity index (χ1v) is 5.35. The maximum absolute atomic E-state index is 13.3. The lowest BCUT2D eigenvalue weighted by atomic mass is 10.2. The molecule has 1 amide bonds. The number of hydrogen-bond acceptors (Lipinski definition) is 2. The second kappa shape index (κ2) is 5.23. The zero-order valence-corrected chi connectivity index (χ0v) is 9.84. The van der Waals surface area contributed by atoms with Gasteiger partial charge in [-0.1, -0.05) is 22.9 Å². The Morgan fingerprint density at radius 1 is 1.67 bits per heavy atom. The van der Waals surface area contributed by atoms with E-state index in [1.54, 1.807) is 6.07 Å². The topological polar surface area (TPSA) is 55.1 Å². The molecule has 5 heteroatoms.